The molecule has 0 bridgehead atoms. The Morgan fingerprint density at radius 3 is 2.19 bits per heavy atom. The number of rotatable bonds is 11. The third kappa shape index (κ3) is 7.44. The standard InChI is InChI=1S/C23H32N2O/c1-9-11-12-19(6)25(23(21(8)26)20(7)17(3)4)16-18(5)13-14-22(10-2)15-24/h10,13-14,26H,2-3,6,8-9,11-12,16H2,1,4-5,7H3/b18-13+,22-14+,23-20+. The van der Waals surface area contributed by atoms with E-state index in [1.54, 1.807) is 6.08 Å². The average Bonchev–Trinajstić information content (AvgIpc) is 2.59. The van der Waals surface area contributed by atoms with Gasteiger partial charge in [-0.1, -0.05) is 63.0 Å². The summed E-state index contributed by atoms with van der Waals surface area (Å²) >= 11 is 0. The van der Waals surface area contributed by atoms with Crippen LogP contribution in [-0.2, 0) is 0 Å². The maximum Gasteiger partial charge on any atom is 0.132 e. The lowest BCUT2D eigenvalue weighted by molar-refractivity contribution is 0.355. The molecule has 0 spiro atoms. The molecule has 0 aromatic heterocycles. The molecule has 0 unspecified atom stereocenters. The fourth-order valence-electron chi connectivity index (χ4n) is 2.33. The van der Waals surface area contributed by atoms with Gasteiger partial charge in [-0.25, -0.2) is 0 Å². The lowest BCUT2D eigenvalue weighted by Gasteiger charge is -2.31. The van der Waals surface area contributed by atoms with Crippen LogP contribution in [0.2, 0.25) is 0 Å². The van der Waals surface area contributed by atoms with E-state index in [0.29, 0.717) is 17.8 Å². The summed E-state index contributed by atoms with van der Waals surface area (Å²) < 4.78 is 0. The van der Waals surface area contributed by atoms with Crippen molar-refractivity contribution >= 4 is 0 Å². The average molecular weight is 353 g/mol. The van der Waals surface area contributed by atoms with Gasteiger partial charge in [0.15, 0.2) is 0 Å². The number of nitrogens with zero attached hydrogens (tertiary/aromatic N) is 2. The van der Waals surface area contributed by atoms with Crippen molar-refractivity contribution in [1.82, 2.24) is 4.90 Å². The number of hydrogen-bond donors (Lipinski definition) is 1. The molecule has 0 aromatic rings. The quantitative estimate of drug-likeness (QED) is 0.262. The highest BCUT2D eigenvalue weighted by atomic mass is 16.3. The SMILES string of the molecule is C=C/C(C#N)=C\C=C(/C)CN(C(=C)CCCC)/C(C(=C)O)=C(\C)C(=C)C. The number of hydrogen-bond acceptors (Lipinski definition) is 3. The molecule has 0 aromatic carbocycles. The first-order valence-corrected chi connectivity index (χ1v) is 8.79. The van der Waals surface area contributed by atoms with Gasteiger partial charge in [0.05, 0.1) is 17.3 Å². The van der Waals surface area contributed by atoms with Crippen molar-refractivity contribution < 1.29 is 5.11 Å². The van der Waals surface area contributed by atoms with E-state index in [1.165, 1.54) is 6.08 Å². The number of allylic oxidation sites excluding steroid dienone is 7. The Bertz CT molecular complexity index is 696. The molecule has 0 amide bonds. The first-order chi connectivity index (χ1) is 12.2. The van der Waals surface area contributed by atoms with Crippen molar-refractivity contribution in [3.05, 3.63) is 84.0 Å². The third-order valence-corrected chi connectivity index (χ3v) is 4.04. The predicted octanol–water partition coefficient (Wildman–Crippen LogP) is 6.50. The molecular formula is C23H32N2O. The highest BCUT2D eigenvalue weighted by molar-refractivity contribution is 5.40. The van der Waals surface area contributed by atoms with E-state index in [0.717, 1.165) is 41.7 Å². The Morgan fingerprint density at radius 2 is 1.77 bits per heavy atom. The molecule has 0 heterocycles. The fraction of sp³-hybridized carbons (Fsp3) is 0.348. The van der Waals surface area contributed by atoms with Gasteiger partial charge in [0.25, 0.3) is 0 Å². The van der Waals surface area contributed by atoms with Gasteiger partial charge in [-0.05, 0) is 45.3 Å². The van der Waals surface area contributed by atoms with Crippen LogP contribution in [0, 0.1) is 11.3 Å². The van der Waals surface area contributed by atoms with Gasteiger partial charge in [-0.2, -0.15) is 5.26 Å². The molecule has 26 heavy (non-hydrogen) atoms. The van der Waals surface area contributed by atoms with E-state index >= 15 is 0 Å². The zero-order valence-corrected chi connectivity index (χ0v) is 16.7. The molecule has 140 valence electrons. The van der Waals surface area contributed by atoms with Crippen LogP contribution in [0.4, 0.5) is 0 Å². The van der Waals surface area contributed by atoms with Crippen molar-refractivity contribution in [3.63, 3.8) is 0 Å². The molecule has 0 aliphatic carbocycles. The summed E-state index contributed by atoms with van der Waals surface area (Å²) in [6.45, 7) is 24.0. The van der Waals surface area contributed by atoms with Gasteiger partial charge >= 0.3 is 0 Å². The van der Waals surface area contributed by atoms with Crippen molar-refractivity contribution in [3.8, 4) is 6.07 Å². The maximum atomic E-state index is 10.2. The van der Waals surface area contributed by atoms with Crippen LogP contribution in [0.15, 0.2) is 84.0 Å². The van der Waals surface area contributed by atoms with Gasteiger partial charge in [0, 0.05) is 12.2 Å². The molecule has 0 aliphatic heterocycles. The van der Waals surface area contributed by atoms with Crippen LogP contribution in [0.3, 0.4) is 0 Å². The van der Waals surface area contributed by atoms with Crippen LogP contribution >= 0.6 is 0 Å². The van der Waals surface area contributed by atoms with E-state index in [2.05, 4.69) is 39.3 Å². The summed E-state index contributed by atoms with van der Waals surface area (Å²) in [4.78, 5) is 1.99. The van der Waals surface area contributed by atoms with Gasteiger partial charge in [-0.15, -0.1) is 0 Å². The Hall–Kier alpha value is -2.73. The summed E-state index contributed by atoms with van der Waals surface area (Å²) in [7, 11) is 0. The highest BCUT2D eigenvalue weighted by Gasteiger charge is 2.19. The molecule has 1 N–H and O–H groups in total. The number of aliphatic hydroxyl groups excluding tert-OH is 1. The summed E-state index contributed by atoms with van der Waals surface area (Å²) in [5.74, 6) is -0.00436. The van der Waals surface area contributed by atoms with Crippen molar-refractivity contribution in [2.75, 3.05) is 6.54 Å². The maximum absolute atomic E-state index is 10.2. The monoisotopic (exact) mass is 352 g/mol. The van der Waals surface area contributed by atoms with E-state index in [9.17, 15) is 5.11 Å². The van der Waals surface area contributed by atoms with Crippen molar-refractivity contribution in [2.45, 2.75) is 47.0 Å². The molecule has 0 radical (unpaired) electrons. The smallest absolute Gasteiger partial charge is 0.132 e. The van der Waals surface area contributed by atoms with Crippen molar-refractivity contribution in [2.24, 2.45) is 0 Å². The van der Waals surface area contributed by atoms with E-state index < -0.39 is 0 Å². The molecule has 0 saturated carbocycles. The van der Waals surface area contributed by atoms with E-state index in [-0.39, 0.29) is 5.76 Å². The Labute approximate surface area is 159 Å². The van der Waals surface area contributed by atoms with E-state index in [1.807, 2.05) is 31.7 Å². The van der Waals surface area contributed by atoms with Gasteiger partial charge in [0.2, 0.25) is 0 Å². The zero-order chi connectivity index (χ0) is 20.3. The second kappa shape index (κ2) is 11.8. The molecule has 0 atom stereocenters. The van der Waals surface area contributed by atoms with Crippen molar-refractivity contribution in [1.29, 1.82) is 5.26 Å². The molecular weight excluding hydrogens is 320 g/mol. The Morgan fingerprint density at radius 1 is 1.15 bits per heavy atom. The minimum atomic E-state index is -0.00436. The van der Waals surface area contributed by atoms with Crippen LogP contribution in [0.5, 0.6) is 0 Å². The molecule has 0 saturated heterocycles. The van der Waals surface area contributed by atoms with Crippen LogP contribution in [-0.4, -0.2) is 16.6 Å². The van der Waals surface area contributed by atoms with Gasteiger partial charge < -0.3 is 10.0 Å². The fourth-order valence-corrected chi connectivity index (χ4v) is 2.33. The molecule has 0 fully saturated rings. The second-order valence-corrected chi connectivity index (χ2v) is 6.41. The number of nitriles is 1. The van der Waals surface area contributed by atoms with E-state index in [4.69, 9.17) is 5.26 Å². The summed E-state index contributed by atoms with van der Waals surface area (Å²) in [5, 5.41) is 19.2. The lowest BCUT2D eigenvalue weighted by Crippen LogP contribution is -2.26. The molecule has 0 rings (SSSR count). The normalized spacial score (nSPS) is 12.7. The van der Waals surface area contributed by atoms with Crippen LogP contribution in [0.1, 0.15) is 47.0 Å². The van der Waals surface area contributed by atoms with Gasteiger partial charge in [0.1, 0.15) is 5.76 Å². The van der Waals surface area contributed by atoms with Crippen LogP contribution in [0.25, 0.3) is 0 Å². The predicted molar refractivity (Wildman–Crippen MR) is 112 cm³/mol. The Balaban J connectivity index is 5.97. The molecule has 3 heteroatoms. The lowest BCUT2D eigenvalue weighted by atomic mass is 10.0. The highest BCUT2D eigenvalue weighted by Crippen LogP contribution is 2.27. The summed E-state index contributed by atoms with van der Waals surface area (Å²) in [5.41, 5.74) is 4.82. The summed E-state index contributed by atoms with van der Waals surface area (Å²) in [6.07, 6.45) is 8.05. The Kier molecular flexibility index (Phi) is 10.5. The first-order valence-electron chi connectivity index (χ1n) is 8.79. The first kappa shape index (κ1) is 23.3. The molecule has 3 nitrogen and oxygen atoms in total. The second-order valence-electron chi connectivity index (χ2n) is 6.41. The van der Waals surface area contributed by atoms with Gasteiger partial charge in [-0.3, -0.25) is 0 Å². The topological polar surface area (TPSA) is 47.3 Å². The zero-order valence-electron chi connectivity index (χ0n) is 16.7. The third-order valence-electron chi connectivity index (χ3n) is 4.04. The van der Waals surface area contributed by atoms with Crippen LogP contribution < -0.4 is 0 Å². The number of unbranched alkanes of at least 4 members (excludes halogenated alkanes) is 1. The number of aliphatic hydroxyl groups is 1. The molecule has 0 aliphatic rings. The minimum Gasteiger partial charge on any atom is -0.506 e. The largest absolute Gasteiger partial charge is 0.506 e. The summed E-state index contributed by atoms with van der Waals surface area (Å²) in [6, 6.07) is 2.08. The minimum absolute atomic E-state index is 0.00436.